The molecular formula is C15H23NO4. The largest absolute Gasteiger partial charge is 0.494 e. The Hall–Kier alpha value is -1.59. The molecule has 0 heterocycles. The van der Waals surface area contributed by atoms with Crippen LogP contribution in [-0.4, -0.2) is 37.4 Å². The normalized spacial score (nSPS) is 13.6. The first-order valence-corrected chi connectivity index (χ1v) is 6.83. The predicted molar refractivity (Wildman–Crippen MR) is 76.7 cm³/mol. The van der Waals surface area contributed by atoms with Gasteiger partial charge in [-0.05, 0) is 31.0 Å². The quantitative estimate of drug-likeness (QED) is 0.709. The third kappa shape index (κ3) is 4.51. The minimum absolute atomic E-state index is 0.0268. The number of esters is 1. The maximum Gasteiger partial charge on any atom is 0.327 e. The van der Waals surface area contributed by atoms with E-state index in [4.69, 9.17) is 9.47 Å². The standard InChI is InChI=1S/C15H23NO4/c1-4-12(10-17)16-14(15(18)19-3)11-6-8-13(9-7-11)20-5-2/h6-9,12,14,16-17H,4-5,10H2,1-3H3. The van der Waals surface area contributed by atoms with Gasteiger partial charge in [-0.2, -0.15) is 0 Å². The van der Waals surface area contributed by atoms with Gasteiger partial charge in [-0.25, -0.2) is 4.79 Å². The summed E-state index contributed by atoms with van der Waals surface area (Å²) < 4.78 is 10.2. The van der Waals surface area contributed by atoms with Gasteiger partial charge in [-0.1, -0.05) is 19.1 Å². The minimum atomic E-state index is -0.590. The molecule has 1 rings (SSSR count). The van der Waals surface area contributed by atoms with E-state index >= 15 is 0 Å². The number of aliphatic hydroxyl groups is 1. The highest BCUT2D eigenvalue weighted by Crippen LogP contribution is 2.20. The van der Waals surface area contributed by atoms with Crippen molar-refractivity contribution in [3.63, 3.8) is 0 Å². The summed E-state index contributed by atoms with van der Waals surface area (Å²) in [7, 11) is 1.35. The molecule has 1 aromatic carbocycles. The molecule has 5 heteroatoms. The van der Waals surface area contributed by atoms with Crippen LogP contribution in [0.2, 0.25) is 0 Å². The molecule has 0 bridgehead atoms. The van der Waals surface area contributed by atoms with Crippen molar-refractivity contribution < 1.29 is 19.4 Å². The Labute approximate surface area is 119 Å². The first-order chi connectivity index (χ1) is 9.65. The number of aliphatic hydroxyl groups excluding tert-OH is 1. The van der Waals surface area contributed by atoms with Crippen molar-refractivity contribution in [1.82, 2.24) is 5.32 Å². The van der Waals surface area contributed by atoms with E-state index in [1.54, 1.807) is 0 Å². The number of carbonyl (C=O) groups excluding carboxylic acids is 1. The highest BCUT2D eigenvalue weighted by atomic mass is 16.5. The summed E-state index contributed by atoms with van der Waals surface area (Å²) in [4.78, 5) is 11.9. The Morgan fingerprint density at radius 3 is 2.40 bits per heavy atom. The first kappa shape index (κ1) is 16.5. The Kier molecular flexibility index (Phi) is 7.04. The van der Waals surface area contributed by atoms with Gasteiger partial charge in [-0.15, -0.1) is 0 Å². The number of hydrogen-bond donors (Lipinski definition) is 2. The number of rotatable bonds is 8. The van der Waals surface area contributed by atoms with Gasteiger partial charge in [0.25, 0.3) is 0 Å². The smallest absolute Gasteiger partial charge is 0.327 e. The molecule has 112 valence electrons. The zero-order valence-corrected chi connectivity index (χ0v) is 12.3. The van der Waals surface area contributed by atoms with E-state index in [0.717, 1.165) is 17.7 Å². The van der Waals surface area contributed by atoms with Crippen LogP contribution in [0.1, 0.15) is 31.9 Å². The van der Waals surface area contributed by atoms with Gasteiger partial charge < -0.3 is 14.6 Å². The zero-order chi connectivity index (χ0) is 15.0. The van der Waals surface area contributed by atoms with Gasteiger partial charge in [0.15, 0.2) is 0 Å². The van der Waals surface area contributed by atoms with Crippen molar-refractivity contribution in [2.45, 2.75) is 32.4 Å². The molecule has 0 saturated carbocycles. The van der Waals surface area contributed by atoms with Crippen LogP contribution >= 0.6 is 0 Å². The van der Waals surface area contributed by atoms with Gasteiger partial charge in [0, 0.05) is 6.04 Å². The Balaban J connectivity index is 2.89. The van der Waals surface area contributed by atoms with Gasteiger partial charge in [0.05, 0.1) is 20.3 Å². The number of hydrogen-bond acceptors (Lipinski definition) is 5. The lowest BCUT2D eigenvalue weighted by molar-refractivity contribution is -0.143. The SMILES string of the molecule is CCOc1ccc(C(NC(CC)CO)C(=O)OC)cc1. The summed E-state index contributed by atoms with van der Waals surface area (Å²) in [5.74, 6) is 0.384. The van der Waals surface area contributed by atoms with Crippen molar-refractivity contribution in [1.29, 1.82) is 0 Å². The average Bonchev–Trinajstić information content (AvgIpc) is 2.49. The molecule has 5 nitrogen and oxygen atoms in total. The van der Waals surface area contributed by atoms with Crippen molar-refractivity contribution in [2.75, 3.05) is 20.3 Å². The molecule has 0 spiro atoms. The molecular weight excluding hydrogens is 258 g/mol. The van der Waals surface area contributed by atoms with E-state index in [1.807, 2.05) is 38.1 Å². The number of benzene rings is 1. The van der Waals surface area contributed by atoms with Crippen molar-refractivity contribution in [2.24, 2.45) is 0 Å². The molecule has 0 saturated heterocycles. The molecule has 20 heavy (non-hydrogen) atoms. The monoisotopic (exact) mass is 281 g/mol. The van der Waals surface area contributed by atoms with Crippen LogP contribution in [0, 0.1) is 0 Å². The Bertz CT molecular complexity index is 401. The van der Waals surface area contributed by atoms with Crippen LogP contribution in [0.4, 0.5) is 0 Å². The van der Waals surface area contributed by atoms with Crippen LogP contribution in [-0.2, 0) is 9.53 Å². The Morgan fingerprint density at radius 1 is 1.30 bits per heavy atom. The van der Waals surface area contributed by atoms with E-state index in [9.17, 15) is 9.90 Å². The summed E-state index contributed by atoms with van der Waals surface area (Å²) >= 11 is 0. The Morgan fingerprint density at radius 2 is 1.95 bits per heavy atom. The molecule has 2 unspecified atom stereocenters. The van der Waals surface area contributed by atoms with E-state index < -0.39 is 6.04 Å². The lowest BCUT2D eigenvalue weighted by Crippen LogP contribution is -2.39. The number of carbonyl (C=O) groups is 1. The van der Waals surface area contributed by atoms with Gasteiger partial charge in [-0.3, -0.25) is 5.32 Å². The molecule has 0 aliphatic heterocycles. The zero-order valence-electron chi connectivity index (χ0n) is 12.3. The fourth-order valence-corrected chi connectivity index (χ4v) is 1.88. The number of methoxy groups -OCH3 is 1. The van der Waals surface area contributed by atoms with Crippen LogP contribution in [0.15, 0.2) is 24.3 Å². The molecule has 0 radical (unpaired) electrons. The second-order valence-electron chi connectivity index (χ2n) is 4.41. The van der Waals surface area contributed by atoms with Crippen molar-refractivity contribution >= 4 is 5.97 Å². The summed E-state index contributed by atoms with van der Waals surface area (Å²) in [6.07, 6.45) is 0.723. The fourth-order valence-electron chi connectivity index (χ4n) is 1.88. The molecule has 2 N–H and O–H groups in total. The first-order valence-electron chi connectivity index (χ1n) is 6.83. The summed E-state index contributed by atoms with van der Waals surface area (Å²) in [6, 6.07) is 6.54. The second-order valence-corrected chi connectivity index (χ2v) is 4.41. The van der Waals surface area contributed by atoms with E-state index in [2.05, 4.69) is 5.32 Å². The van der Waals surface area contributed by atoms with Gasteiger partial charge in [0.2, 0.25) is 0 Å². The maximum atomic E-state index is 11.9. The van der Waals surface area contributed by atoms with Gasteiger partial charge >= 0.3 is 5.97 Å². The highest BCUT2D eigenvalue weighted by molar-refractivity contribution is 5.77. The average molecular weight is 281 g/mol. The van der Waals surface area contributed by atoms with Crippen LogP contribution in [0.5, 0.6) is 5.75 Å². The van der Waals surface area contributed by atoms with E-state index in [-0.39, 0.29) is 18.6 Å². The molecule has 1 aromatic rings. The summed E-state index contributed by atoms with van der Waals surface area (Å²) in [5.41, 5.74) is 0.784. The third-order valence-corrected chi connectivity index (χ3v) is 3.08. The molecule has 0 fully saturated rings. The summed E-state index contributed by atoms with van der Waals surface area (Å²) in [5, 5.41) is 12.4. The molecule has 0 aliphatic rings. The lowest BCUT2D eigenvalue weighted by atomic mass is 10.0. The van der Waals surface area contributed by atoms with Crippen molar-refractivity contribution in [3.8, 4) is 5.75 Å². The van der Waals surface area contributed by atoms with Crippen molar-refractivity contribution in [3.05, 3.63) is 29.8 Å². The predicted octanol–water partition coefficient (Wildman–Crippen LogP) is 1.66. The van der Waals surface area contributed by atoms with Gasteiger partial charge in [0.1, 0.15) is 11.8 Å². The number of ether oxygens (including phenoxy) is 2. The second kappa shape index (κ2) is 8.55. The van der Waals surface area contributed by atoms with Crippen LogP contribution in [0.25, 0.3) is 0 Å². The van der Waals surface area contributed by atoms with E-state index in [1.165, 1.54) is 7.11 Å². The van der Waals surface area contributed by atoms with Crippen LogP contribution in [0.3, 0.4) is 0 Å². The lowest BCUT2D eigenvalue weighted by Gasteiger charge is -2.22. The fraction of sp³-hybridized carbons (Fsp3) is 0.533. The maximum absolute atomic E-state index is 11.9. The van der Waals surface area contributed by atoms with Crippen LogP contribution < -0.4 is 10.1 Å². The number of nitrogens with one attached hydrogen (secondary N) is 1. The summed E-state index contributed by atoms with van der Waals surface area (Å²) in [6.45, 7) is 4.43. The molecule has 0 amide bonds. The minimum Gasteiger partial charge on any atom is -0.494 e. The van der Waals surface area contributed by atoms with E-state index in [0.29, 0.717) is 6.61 Å². The highest BCUT2D eigenvalue weighted by Gasteiger charge is 2.23. The topological polar surface area (TPSA) is 67.8 Å². The molecule has 0 aromatic heterocycles. The third-order valence-electron chi connectivity index (χ3n) is 3.08. The molecule has 2 atom stereocenters. The molecule has 0 aliphatic carbocycles.